The Bertz CT molecular complexity index is 869. The van der Waals surface area contributed by atoms with Crippen LogP contribution in [-0.4, -0.2) is 34.2 Å². The van der Waals surface area contributed by atoms with E-state index in [-0.39, 0.29) is 12.3 Å². The number of hydrogen-bond donors (Lipinski definition) is 1. The van der Waals surface area contributed by atoms with Gasteiger partial charge < -0.3 is 10.5 Å². The molecule has 1 fully saturated rings. The van der Waals surface area contributed by atoms with Crippen molar-refractivity contribution in [2.45, 2.75) is 18.2 Å². The Kier molecular flexibility index (Phi) is 6.03. The summed E-state index contributed by atoms with van der Waals surface area (Å²) in [5.74, 6) is 0.0257. The molecular formula is C19H18ClN3O3S. The molecule has 2 amide bonds. The normalized spacial score (nSPS) is 18.1. The third-order valence-corrected chi connectivity index (χ3v) is 5.39. The van der Waals surface area contributed by atoms with Gasteiger partial charge in [0.15, 0.2) is 5.17 Å². The van der Waals surface area contributed by atoms with Crippen molar-refractivity contribution in [2.75, 3.05) is 7.11 Å². The first-order chi connectivity index (χ1) is 13.0. The summed E-state index contributed by atoms with van der Waals surface area (Å²) in [6.45, 7) is 0.341. The highest BCUT2D eigenvalue weighted by Gasteiger charge is 2.38. The summed E-state index contributed by atoms with van der Waals surface area (Å²) >= 11 is 7.18. The molecule has 2 aromatic rings. The van der Waals surface area contributed by atoms with Gasteiger partial charge in [0.25, 0.3) is 0 Å². The maximum atomic E-state index is 12.8. The van der Waals surface area contributed by atoms with Crippen LogP contribution in [0.15, 0.2) is 53.5 Å². The van der Waals surface area contributed by atoms with E-state index in [9.17, 15) is 9.59 Å². The number of ether oxygens (including phenoxy) is 1. The van der Waals surface area contributed by atoms with Gasteiger partial charge in [0.1, 0.15) is 11.0 Å². The second kappa shape index (κ2) is 8.45. The summed E-state index contributed by atoms with van der Waals surface area (Å²) in [4.78, 5) is 30.3. The van der Waals surface area contributed by atoms with Crippen molar-refractivity contribution in [1.82, 2.24) is 4.90 Å². The lowest BCUT2D eigenvalue weighted by atomic mass is 10.2. The van der Waals surface area contributed by atoms with Crippen LogP contribution in [0, 0.1) is 0 Å². The minimum Gasteiger partial charge on any atom is -0.497 e. The van der Waals surface area contributed by atoms with Gasteiger partial charge in [0.05, 0.1) is 19.3 Å². The van der Waals surface area contributed by atoms with E-state index in [1.54, 1.807) is 48.4 Å². The average molecular weight is 404 g/mol. The van der Waals surface area contributed by atoms with Crippen LogP contribution in [0.5, 0.6) is 5.75 Å². The fourth-order valence-electron chi connectivity index (χ4n) is 2.59. The molecule has 0 saturated carbocycles. The SMILES string of the molecule is COc1ccc(N=C2SC(CC(N)=O)C(=O)N2Cc2ccc(Cl)cc2)cc1. The number of amides is 2. The van der Waals surface area contributed by atoms with Crippen LogP contribution in [-0.2, 0) is 16.1 Å². The number of primary amides is 1. The van der Waals surface area contributed by atoms with Gasteiger partial charge in [-0.2, -0.15) is 0 Å². The number of rotatable bonds is 6. The van der Waals surface area contributed by atoms with Crippen LogP contribution in [0.25, 0.3) is 0 Å². The fourth-order valence-corrected chi connectivity index (χ4v) is 3.89. The number of thioether (sulfide) groups is 1. The quantitative estimate of drug-likeness (QED) is 0.801. The number of aliphatic imine (C=N–C) groups is 1. The molecule has 0 aliphatic carbocycles. The molecule has 1 unspecified atom stereocenters. The van der Waals surface area contributed by atoms with E-state index >= 15 is 0 Å². The first-order valence-corrected chi connectivity index (χ1v) is 9.45. The molecule has 3 rings (SSSR count). The van der Waals surface area contributed by atoms with Gasteiger partial charge in [-0.1, -0.05) is 35.5 Å². The number of nitrogens with two attached hydrogens (primary N) is 1. The molecule has 8 heteroatoms. The van der Waals surface area contributed by atoms with E-state index in [4.69, 9.17) is 22.1 Å². The van der Waals surface area contributed by atoms with Crippen molar-refractivity contribution in [1.29, 1.82) is 0 Å². The Morgan fingerprint density at radius 3 is 2.48 bits per heavy atom. The van der Waals surface area contributed by atoms with Crippen LogP contribution in [0.1, 0.15) is 12.0 Å². The molecule has 0 spiro atoms. The smallest absolute Gasteiger partial charge is 0.242 e. The maximum Gasteiger partial charge on any atom is 0.242 e. The molecule has 2 aromatic carbocycles. The number of nitrogens with zero attached hydrogens (tertiary/aromatic N) is 2. The van der Waals surface area contributed by atoms with Crippen LogP contribution in [0.2, 0.25) is 5.02 Å². The maximum absolute atomic E-state index is 12.8. The fraction of sp³-hybridized carbons (Fsp3) is 0.211. The van der Waals surface area contributed by atoms with E-state index in [1.807, 2.05) is 12.1 Å². The van der Waals surface area contributed by atoms with Gasteiger partial charge in [-0.25, -0.2) is 4.99 Å². The summed E-state index contributed by atoms with van der Waals surface area (Å²) < 4.78 is 5.15. The van der Waals surface area contributed by atoms with Crippen molar-refractivity contribution < 1.29 is 14.3 Å². The Morgan fingerprint density at radius 1 is 1.22 bits per heavy atom. The first kappa shape index (κ1) is 19.3. The Morgan fingerprint density at radius 2 is 1.89 bits per heavy atom. The summed E-state index contributed by atoms with van der Waals surface area (Å²) in [5, 5.41) is 0.595. The van der Waals surface area contributed by atoms with Crippen molar-refractivity contribution in [3.63, 3.8) is 0 Å². The Balaban J connectivity index is 1.88. The molecule has 1 aliphatic rings. The van der Waals surface area contributed by atoms with Gasteiger partial charge in [0, 0.05) is 11.4 Å². The van der Waals surface area contributed by atoms with Gasteiger partial charge in [0.2, 0.25) is 11.8 Å². The second-order valence-corrected chi connectivity index (χ2v) is 7.53. The van der Waals surface area contributed by atoms with Crippen LogP contribution >= 0.6 is 23.4 Å². The molecule has 0 aromatic heterocycles. The molecule has 0 bridgehead atoms. The number of carbonyl (C=O) groups excluding carboxylic acids is 2. The zero-order valence-electron chi connectivity index (χ0n) is 14.6. The monoisotopic (exact) mass is 403 g/mol. The van der Waals surface area contributed by atoms with Gasteiger partial charge in [-0.15, -0.1) is 0 Å². The standard InChI is InChI=1S/C19H18ClN3O3S/c1-26-15-8-6-14(7-9-15)22-19-23(11-12-2-4-13(20)5-3-12)18(25)16(27-19)10-17(21)24/h2-9,16H,10-11H2,1H3,(H2,21,24). The summed E-state index contributed by atoms with van der Waals surface area (Å²) in [6, 6.07) is 14.4. The van der Waals surface area contributed by atoms with E-state index < -0.39 is 11.2 Å². The lowest BCUT2D eigenvalue weighted by Crippen LogP contribution is -2.33. The predicted octanol–water partition coefficient (Wildman–Crippen LogP) is 3.36. The molecule has 1 heterocycles. The third-order valence-electron chi connectivity index (χ3n) is 3.96. The number of carbonyl (C=O) groups is 2. The van der Waals surface area contributed by atoms with Crippen LogP contribution in [0.3, 0.4) is 0 Å². The second-order valence-electron chi connectivity index (χ2n) is 5.92. The molecule has 2 N–H and O–H groups in total. The number of hydrogen-bond acceptors (Lipinski definition) is 5. The van der Waals surface area contributed by atoms with E-state index in [1.165, 1.54) is 11.8 Å². The van der Waals surface area contributed by atoms with E-state index in [0.717, 1.165) is 11.3 Å². The highest BCUT2D eigenvalue weighted by Crippen LogP contribution is 2.33. The minimum atomic E-state index is -0.563. The van der Waals surface area contributed by atoms with Crippen molar-refractivity contribution >= 4 is 46.0 Å². The summed E-state index contributed by atoms with van der Waals surface area (Å²) in [7, 11) is 1.59. The zero-order chi connectivity index (χ0) is 19.4. The lowest BCUT2D eigenvalue weighted by molar-refractivity contribution is -0.128. The van der Waals surface area contributed by atoms with Crippen LogP contribution in [0.4, 0.5) is 5.69 Å². The summed E-state index contributed by atoms with van der Waals surface area (Å²) in [5.41, 5.74) is 6.89. The number of amidine groups is 1. The summed E-state index contributed by atoms with van der Waals surface area (Å²) in [6.07, 6.45) is -0.0255. The molecule has 1 atom stereocenters. The molecular weight excluding hydrogens is 386 g/mol. The van der Waals surface area contributed by atoms with Crippen molar-refractivity contribution in [2.24, 2.45) is 10.7 Å². The number of halogens is 1. The molecule has 140 valence electrons. The van der Waals surface area contributed by atoms with Gasteiger partial charge >= 0.3 is 0 Å². The topological polar surface area (TPSA) is 85.0 Å². The van der Waals surface area contributed by atoms with E-state index in [0.29, 0.717) is 22.4 Å². The zero-order valence-corrected chi connectivity index (χ0v) is 16.2. The highest BCUT2D eigenvalue weighted by molar-refractivity contribution is 8.15. The van der Waals surface area contributed by atoms with Crippen LogP contribution < -0.4 is 10.5 Å². The van der Waals surface area contributed by atoms with Gasteiger partial charge in [-0.05, 0) is 42.0 Å². The molecule has 0 radical (unpaired) electrons. The number of methoxy groups -OCH3 is 1. The number of benzene rings is 2. The molecule has 6 nitrogen and oxygen atoms in total. The lowest BCUT2D eigenvalue weighted by Gasteiger charge is -2.16. The Labute approximate surface area is 166 Å². The van der Waals surface area contributed by atoms with Crippen molar-refractivity contribution in [3.05, 3.63) is 59.1 Å². The first-order valence-electron chi connectivity index (χ1n) is 8.20. The molecule has 1 saturated heterocycles. The average Bonchev–Trinajstić information content (AvgIpc) is 2.92. The molecule has 1 aliphatic heterocycles. The predicted molar refractivity (Wildman–Crippen MR) is 107 cm³/mol. The third kappa shape index (κ3) is 4.81. The minimum absolute atomic E-state index is 0.0255. The van der Waals surface area contributed by atoms with E-state index in [2.05, 4.69) is 4.99 Å². The van der Waals surface area contributed by atoms with Crippen molar-refractivity contribution in [3.8, 4) is 5.75 Å². The molecule has 27 heavy (non-hydrogen) atoms. The Hall–Kier alpha value is -2.51. The van der Waals surface area contributed by atoms with Gasteiger partial charge in [-0.3, -0.25) is 14.5 Å². The highest BCUT2D eigenvalue weighted by atomic mass is 35.5. The largest absolute Gasteiger partial charge is 0.497 e.